The maximum Gasteiger partial charge on any atom is 0.338 e. The molecule has 1 aromatic carbocycles. The van der Waals surface area contributed by atoms with Gasteiger partial charge in [-0.3, -0.25) is 0 Å². The maximum atomic E-state index is 12.2. The number of benzene rings is 1. The third kappa shape index (κ3) is 3.42. The van der Waals surface area contributed by atoms with Gasteiger partial charge in [0, 0.05) is 21.5 Å². The van der Waals surface area contributed by atoms with E-state index >= 15 is 0 Å². The van der Waals surface area contributed by atoms with Crippen LogP contribution in [0.2, 0.25) is 5.02 Å². The van der Waals surface area contributed by atoms with Crippen LogP contribution in [0.5, 0.6) is 5.75 Å². The molecule has 0 saturated heterocycles. The third-order valence-electron chi connectivity index (χ3n) is 3.52. The summed E-state index contributed by atoms with van der Waals surface area (Å²) in [4.78, 5) is 16.4. The number of thiophene rings is 1. The highest BCUT2D eigenvalue weighted by molar-refractivity contribution is 7.08. The second kappa shape index (κ2) is 6.70. The molecule has 1 aliphatic heterocycles. The molecule has 0 aliphatic carbocycles. The highest BCUT2D eigenvalue weighted by atomic mass is 35.5. The molecule has 0 bridgehead atoms. The molecule has 3 aromatic rings. The van der Waals surface area contributed by atoms with Crippen LogP contribution < -0.4 is 4.74 Å². The fourth-order valence-corrected chi connectivity index (χ4v) is 3.12. The zero-order chi connectivity index (χ0) is 17.2. The van der Waals surface area contributed by atoms with E-state index in [4.69, 9.17) is 25.6 Å². The lowest BCUT2D eigenvalue weighted by Gasteiger charge is -2.17. The van der Waals surface area contributed by atoms with Gasteiger partial charge in [-0.25, -0.2) is 4.79 Å². The second-order valence-electron chi connectivity index (χ2n) is 5.24. The monoisotopic (exact) mass is 374 g/mol. The highest BCUT2D eigenvalue weighted by Crippen LogP contribution is 2.29. The fourth-order valence-electron chi connectivity index (χ4n) is 2.31. The van der Waals surface area contributed by atoms with Crippen LogP contribution in [0.25, 0.3) is 17.5 Å². The van der Waals surface area contributed by atoms with E-state index in [-0.39, 0.29) is 19.1 Å². The molecule has 4 rings (SSSR count). The van der Waals surface area contributed by atoms with Crippen molar-refractivity contribution in [3.8, 4) is 17.1 Å². The predicted octanol–water partition coefficient (Wildman–Crippen LogP) is 3.97. The Kier molecular flexibility index (Phi) is 4.25. The van der Waals surface area contributed by atoms with E-state index in [1.54, 1.807) is 24.3 Å². The second-order valence-corrected chi connectivity index (χ2v) is 6.46. The zero-order valence-corrected chi connectivity index (χ0v) is 14.3. The molecule has 0 radical (unpaired) electrons. The Morgan fingerprint density at radius 2 is 2.28 bits per heavy atom. The Labute approximate surface area is 151 Å². The Morgan fingerprint density at radius 1 is 1.36 bits per heavy atom. The number of carbonyl (C=O) groups excluding carboxylic acids is 1. The molecule has 0 amide bonds. The highest BCUT2D eigenvalue weighted by Gasteiger charge is 2.20. The largest absolute Gasteiger partial charge is 0.488 e. The number of carbonyl (C=O) groups is 1. The van der Waals surface area contributed by atoms with E-state index in [2.05, 4.69) is 10.1 Å². The van der Waals surface area contributed by atoms with Crippen molar-refractivity contribution < 1.29 is 18.8 Å². The molecule has 2 aromatic heterocycles. The maximum absolute atomic E-state index is 12.2. The number of fused-ring (bicyclic) bond motifs is 1. The third-order valence-corrected chi connectivity index (χ3v) is 4.44. The van der Waals surface area contributed by atoms with E-state index < -0.39 is 5.97 Å². The molecule has 1 aliphatic rings. The Hall–Kier alpha value is -2.64. The van der Waals surface area contributed by atoms with Gasteiger partial charge in [0.25, 0.3) is 5.89 Å². The first-order valence-electron chi connectivity index (χ1n) is 7.34. The first-order chi connectivity index (χ1) is 12.2. The van der Waals surface area contributed by atoms with E-state index in [1.807, 2.05) is 16.8 Å². The fraction of sp³-hybridized carbons (Fsp3) is 0.118. The lowest BCUT2D eigenvalue weighted by atomic mass is 10.1. The molecular weight excluding hydrogens is 364 g/mol. The van der Waals surface area contributed by atoms with E-state index in [0.717, 1.165) is 11.1 Å². The minimum absolute atomic E-state index is 0.101. The number of ether oxygens (including phenoxy) is 2. The van der Waals surface area contributed by atoms with Crippen LogP contribution in [0.4, 0.5) is 0 Å². The average Bonchev–Trinajstić information content (AvgIpc) is 3.30. The summed E-state index contributed by atoms with van der Waals surface area (Å²) in [6.45, 7) is 0.0349. The van der Waals surface area contributed by atoms with Gasteiger partial charge in [-0.05, 0) is 35.7 Å². The lowest BCUT2D eigenvalue weighted by molar-refractivity contribution is -0.141. The molecule has 0 saturated carbocycles. The van der Waals surface area contributed by atoms with Crippen LogP contribution in [-0.2, 0) is 16.1 Å². The van der Waals surface area contributed by atoms with Crippen molar-refractivity contribution in [1.29, 1.82) is 0 Å². The Bertz CT molecular complexity index is 949. The molecular formula is C17H11ClN2O4S. The molecule has 25 heavy (non-hydrogen) atoms. The number of nitrogens with zero attached hydrogens (tertiary/aromatic N) is 2. The SMILES string of the molecule is O=C(OCc1nc(-c2ccsc2)no1)C1=Cc2cc(Cl)ccc2OC1. The topological polar surface area (TPSA) is 74.5 Å². The van der Waals surface area contributed by atoms with Gasteiger partial charge in [0.05, 0.1) is 5.57 Å². The van der Waals surface area contributed by atoms with Gasteiger partial charge in [0.15, 0.2) is 6.61 Å². The van der Waals surface area contributed by atoms with Crippen molar-refractivity contribution in [1.82, 2.24) is 10.1 Å². The van der Waals surface area contributed by atoms with E-state index in [1.165, 1.54) is 11.3 Å². The summed E-state index contributed by atoms with van der Waals surface area (Å²) in [5, 5.41) is 8.27. The van der Waals surface area contributed by atoms with Crippen molar-refractivity contribution in [2.45, 2.75) is 6.61 Å². The molecule has 6 nitrogen and oxygen atoms in total. The quantitative estimate of drug-likeness (QED) is 0.643. The Balaban J connectivity index is 1.43. The average molecular weight is 375 g/mol. The molecule has 0 N–H and O–H groups in total. The van der Waals surface area contributed by atoms with E-state index in [9.17, 15) is 4.79 Å². The van der Waals surface area contributed by atoms with Crippen LogP contribution in [-0.4, -0.2) is 22.7 Å². The number of halogens is 1. The first-order valence-corrected chi connectivity index (χ1v) is 8.66. The zero-order valence-electron chi connectivity index (χ0n) is 12.8. The molecule has 126 valence electrons. The van der Waals surface area contributed by atoms with Crippen LogP contribution >= 0.6 is 22.9 Å². The van der Waals surface area contributed by atoms with Crippen molar-refractivity contribution >= 4 is 35.0 Å². The van der Waals surface area contributed by atoms with Gasteiger partial charge in [-0.2, -0.15) is 16.3 Å². The summed E-state index contributed by atoms with van der Waals surface area (Å²) in [5.41, 5.74) is 2.00. The van der Waals surface area contributed by atoms with Crippen molar-refractivity contribution in [2.75, 3.05) is 6.61 Å². The van der Waals surface area contributed by atoms with Crippen LogP contribution in [0.15, 0.2) is 45.1 Å². The summed E-state index contributed by atoms with van der Waals surface area (Å²) < 4.78 is 15.9. The Morgan fingerprint density at radius 3 is 3.12 bits per heavy atom. The van der Waals surface area contributed by atoms with Crippen molar-refractivity contribution in [2.24, 2.45) is 0 Å². The summed E-state index contributed by atoms with van der Waals surface area (Å²) in [5.74, 6) is 0.880. The standard InChI is InChI=1S/C17H11ClN2O4S/c18-13-1-2-14-11(6-13)5-12(7-22-14)17(21)23-8-15-19-16(20-24-15)10-3-4-25-9-10/h1-6,9H,7-8H2. The summed E-state index contributed by atoms with van der Waals surface area (Å²) in [6.07, 6.45) is 1.71. The minimum Gasteiger partial charge on any atom is -0.488 e. The van der Waals surface area contributed by atoms with Gasteiger partial charge >= 0.3 is 5.97 Å². The van der Waals surface area contributed by atoms with Crippen molar-refractivity contribution in [3.05, 3.63) is 57.1 Å². The number of hydrogen-bond donors (Lipinski definition) is 0. The van der Waals surface area contributed by atoms with Gasteiger partial charge < -0.3 is 14.0 Å². The molecule has 0 fully saturated rings. The number of aromatic nitrogens is 2. The number of esters is 1. The smallest absolute Gasteiger partial charge is 0.338 e. The van der Waals surface area contributed by atoms with Gasteiger partial charge in [-0.15, -0.1) is 0 Å². The summed E-state index contributed by atoms with van der Waals surface area (Å²) >= 11 is 7.50. The summed E-state index contributed by atoms with van der Waals surface area (Å²) in [7, 11) is 0. The minimum atomic E-state index is -0.499. The first kappa shape index (κ1) is 15.9. The van der Waals surface area contributed by atoms with Crippen LogP contribution in [0, 0.1) is 0 Å². The predicted molar refractivity (Wildman–Crippen MR) is 92.3 cm³/mol. The van der Waals surface area contributed by atoms with Crippen molar-refractivity contribution in [3.63, 3.8) is 0 Å². The van der Waals surface area contributed by atoms with Gasteiger partial charge in [-0.1, -0.05) is 16.8 Å². The molecule has 3 heterocycles. The van der Waals surface area contributed by atoms with Gasteiger partial charge in [0.1, 0.15) is 12.4 Å². The van der Waals surface area contributed by atoms with Crippen LogP contribution in [0.3, 0.4) is 0 Å². The lowest BCUT2D eigenvalue weighted by Crippen LogP contribution is -2.17. The number of rotatable bonds is 4. The summed E-state index contributed by atoms with van der Waals surface area (Å²) in [6, 6.07) is 7.12. The number of hydrogen-bond acceptors (Lipinski definition) is 7. The van der Waals surface area contributed by atoms with E-state index in [0.29, 0.717) is 22.2 Å². The van der Waals surface area contributed by atoms with Gasteiger partial charge in [0.2, 0.25) is 5.82 Å². The molecule has 8 heteroatoms. The normalized spacial score (nSPS) is 12.9. The molecule has 0 spiro atoms. The van der Waals surface area contributed by atoms with Crippen LogP contribution in [0.1, 0.15) is 11.5 Å². The molecule has 0 atom stereocenters. The molecule has 0 unspecified atom stereocenters.